The van der Waals surface area contributed by atoms with E-state index in [1.165, 1.54) is 4.90 Å². The van der Waals surface area contributed by atoms with Crippen molar-refractivity contribution in [3.05, 3.63) is 0 Å². The van der Waals surface area contributed by atoms with Gasteiger partial charge in [0, 0.05) is 25.5 Å². The van der Waals surface area contributed by atoms with Gasteiger partial charge in [-0.3, -0.25) is 4.79 Å². The van der Waals surface area contributed by atoms with Crippen LogP contribution < -0.4 is 0 Å². The highest BCUT2D eigenvalue weighted by Crippen LogP contribution is 2.24. The zero-order valence-corrected chi connectivity index (χ0v) is 11.9. The van der Waals surface area contributed by atoms with Gasteiger partial charge in [0.15, 0.2) is 6.04 Å². The lowest BCUT2D eigenvalue weighted by Crippen LogP contribution is -2.51. The van der Waals surface area contributed by atoms with Crippen LogP contribution in [0.5, 0.6) is 0 Å². The van der Waals surface area contributed by atoms with Gasteiger partial charge in [-0.05, 0) is 27.7 Å². The van der Waals surface area contributed by atoms with E-state index in [-0.39, 0.29) is 31.4 Å². The number of likely N-dealkylation sites (tertiary alicyclic amines) is 1. The molecule has 0 bridgehead atoms. The normalized spacial score (nSPS) is 23.5. The molecule has 110 valence electrons. The van der Waals surface area contributed by atoms with Crippen molar-refractivity contribution in [2.45, 2.75) is 51.9 Å². The molecule has 1 unspecified atom stereocenters. The van der Waals surface area contributed by atoms with Gasteiger partial charge >= 0.3 is 5.97 Å². The molecule has 0 saturated carbocycles. The number of rotatable bonds is 5. The Morgan fingerprint density at radius 2 is 2.11 bits per heavy atom. The predicted octanol–water partition coefficient (Wildman–Crippen LogP) is 0.484. The number of ether oxygens (including phenoxy) is 1. The number of hydrogen-bond donors (Lipinski definition) is 2. The van der Waals surface area contributed by atoms with Gasteiger partial charge in [-0.1, -0.05) is 0 Å². The quantitative estimate of drug-likeness (QED) is 0.761. The van der Waals surface area contributed by atoms with Gasteiger partial charge in [0.2, 0.25) is 5.91 Å². The third kappa shape index (κ3) is 4.18. The van der Waals surface area contributed by atoms with E-state index >= 15 is 0 Å². The Morgan fingerprint density at radius 1 is 1.53 bits per heavy atom. The Morgan fingerprint density at radius 3 is 2.47 bits per heavy atom. The van der Waals surface area contributed by atoms with Crippen LogP contribution in [0.3, 0.4) is 0 Å². The molecule has 1 rings (SSSR count). The summed E-state index contributed by atoms with van der Waals surface area (Å²) in [6.45, 7) is 7.33. The fraction of sp³-hybridized carbons (Fsp3) is 0.846. The SMILES string of the molecule is C[C@H](OC(C)(C)C)[C@H](C(=O)O)N1CC(CO)CC1=O. The average molecular weight is 273 g/mol. The second-order valence-electron chi connectivity index (χ2n) is 6.02. The van der Waals surface area contributed by atoms with E-state index in [1.807, 2.05) is 20.8 Å². The Hall–Kier alpha value is -1.14. The van der Waals surface area contributed by atoms with Crippen LogP contribution in [-0.2, 0) is 14.3 Å². The fourth-order valence-corrected chi connectivity index (χ4v) is 2.41. The zero-order chi connectivity index (χ0) is 14.8. The molecule has 2 N–H and O–H groups in total. The van der Waals surface area contributed by atoms with Crippen molar-refractivity contribution in [2.75, 3.05) is 13.2 Å². The summed E-state index contributed by atoms with van der Waals surface area (Å²) in [6, 6.07) is -1.01. The maximum atomic E-state index is 11.9. The first-order valence-corrected chi connectivity index (χ1v) is 6.46. The summed E-state index contributed by atoms with van der Waals surface area (Å²) < 4.78 is 5.65. The van der Waals surface area contributed by atoms with Crippen molar-refractivity contribution in [2.24, 2.45) is 5.92 Å². The van der Waals surface area contributed by atoms with Crippen molar-refractivity contribution in [1.29, 1.82) is 0 Å². The first-order chi connectivity index (χ1) is 8.65. The van der Waals surface area contributed by atoms with Crippen LogP contribution in [0.2, 0.25) is 0 Å². The highest BCUT2D eigenvalue weighted by molar-refractivity contribution is 5.85. The van der Waals surface area contributed by atoms with Gasteiger partial charge in [-0.2, -0.15) is 0 Å². The number of aliphatic carboxylic acids is 1. The molecule has 1 saturated heterocycles. The van der Waals surface area contributed by atoms with Gasteiger partial charge in [-0.15, -0.1) is 0 Å². The van der Waals surface area contributed by atoms with E-state index in [9.17, 15) is 14.7 Å². The fourth-order valence-electron chi connectivity index (χ4n) is 2.41. The standard InChI is InChI=1S/C13H23NO5/c1-8(19-13(2,3)4)11(12(17)18)14-6-9(7-15)5-10(14)16/h8-9,11,15H,5-7H2,1-4H3,(H,17,18)/t8-,9?,11+/m0/s1. The number of hydrogen-bond acceptors (Lipinski definition) is 4. The van der Waals surface area contributed by atoms with Crippen LogP contribution in [0.15, 0.2) is 0 Å². The molecule has 0 aromatic carbocycles. The zero-order valence-electron chi connectivity index (χ0n) is 11.9. The summed E-state index contributed by atoms with van der Waals surface area (Å²) in [6.07, 6.45) is -0.415. The van der Waals surface area contributed by atoms with E-state index in [0.29, 0.717) is 0 Å². The van der Waals surface area contributed by atoms with Crippen LogP contribution in [0.1, 0.15) is 34.1 Å². The lowest BCUT2D eigenvalue weighted by atomic mass is 10.1. The average Bonchev–Trinajstić information content (AvgIpc) is 2.57. The second kappa shape index (κ2) is 5.88. The van der Waals surface area contributed by atoms with Gasteiger partial charge in [-0.25, -0.2) is 4.79 Å². The number of carboxylic acid groups (broad SMARTS) is 1. The lowest BCUT2D eigenvalue weighted by molar-refractivity contribution is -0.160. The molecule has 0 spiro atoms. The predicted molar refractivity (Wildman–Crippen MR) is 68.6 cm³/mol. The molecule has 19 heavy (non-hydrogen) atoms. The van der Waals surface area contributed by atoms with Gasteiger partial charge < -0.3 is 19.8 Å². The molecule has 1 fully saturated rings. The highest BCUT2D eigenvalue weighted by atomic mass is 16.5. The van der Waals surface area contributed by atoms with Crippen LogP contribution in [0.25, 0.3) is 0 Å². The van der Waals surface area contributed by atoms with E-state index in [1.54, 1.807) is 6.92 Å². The largest absolute Gasteiger partial charge is 0.480 e. The summed E-state index contributed by atoms with van der Waals surface area (Å²) in [7, 11) is 0. The number of carboxylic acids is 1. The molecule has 1 aliphatic rings. The molecule has 0 aromatic rings. The number of aliphatic hydroxyl groups excluding tert-OH is 1. The van der Waals surface area contributed by atoms with Gasteiger partial charge in [0.05, 0.1) is 11.7 Å². The Balaban J connectivity index is 2.84. The highest BCUT2D eigenvalue weighted by Gasteiger charge is 2.41. The van der Waals surface area contributed by atoms with Crippen molar-refractivity contribution in [3.63, 3.8) is 0 Å². The second-order valence-corrected chi connectivity index (χ2v) is 6.02. The van der Waals surface area contributed by atoms with Crippen molar-refractivity contribution in [1.82, 2.24) is 4.90 Å². The molecule has 3 atom stereocenters. The van der Waals surface area contributed by atoms with E-state index in [2.05, 4.69) is 0 Å². The monoisotopic (exact) mass is 273 g/mol. The maximum Gasteiger partial charge on any atom is 0.329 e. The summed E-state index contributed by atoms with van der Waals surface area (Å²) in [5, 5.41) is 18.4. The van der Waals surface area contributed by atoms with Crippen molar-refractivity contribution in [3.8, 4) is 0 Å². The van der Waals surface area contributed by atoms with Crippen molar-refractivity contribution >= 4 is 11.9 Å². The maximum absolute atomic E-state index is 11.9. The summed E-state index contributed by atoms with van der Waals surface area (Å²) in [5.41, 5.74) is -0.480. The van der Waals surface area contributed by atoms with Crippen LogP contribution in [0, 0.1) is 5.92 Å². The Kier molecular flexibility index (Phi) is 4.92. The molecule has 0 aromatic heterocycles. The number of carbonyl (C=O) groups is 2. The summed E-state index contributed by atoms with van der Waals surface area (Å²) >= 11 is 0. The molecule has 1 amide bonds. The third-order valence-corrected chi connectivity index (χ3v) is 3.07. The van der Waals surface area contributed by atoms with Gasteiger partial charge in [0.25, 0.3) is 0 Å². The summed E-state index contributed by atoms with van der Waals surface area (Å²) in [5.74, 6) is -1.50. The third-order valence-electron chi connectivity index (χ3n) is 3.07. The smallest absolute Gasteiger partial charge is 0.329 e. The first-order valence-electron chi connectivity index (χ1n) is 6.46. The first kappa shape index (κ1) is 15.9. The number of aliphatic hydroxyl groups is 1. The van der Waals surface area contributed by atoms with E-state index < -0.39 is 23.7 Å². The summed E-state index contributed by atoms with van der Waals surface area (Å²) in [4.78, 5) is 24.6. The molecule has 6 nitrogen and oxygen atoms in total. The van der Waals surface area contributed by atoms with Crippen molar-refractivity contribution < 1.29 is 24.5 Å². The van der Waals surface area contributed by atoms with Crippen LogP contribution in [0.4, 0.5) is 0 Å². The van der Waals surface area contributed by atoms with Crippen LogP contribution >= 0.6 is 0 Å². The van der Waals surface area contributed by atoms with E-state index in [4.69, 9.17) is 9.84 Å². The number of nitrogens with zero attached hydrogens (tertiary/aromatic N) is 1. The number of carbonyl (C=O) groups excluding carboxylic acids is 1. The molecular formula is C13H23NO5. The number of amides is 1. The Labute approximate surface area is 113 Å². The minimum Gasteiger partial charge on any atom is -0.480 e. The molecule has 1 heterocycles. The molecule has 0 aliphatic carbocycles. The molecular weight excluding hydrogens is 250 g/mol. The van der Waals surface area contributed by atoms with Crippen LogP contribution in [-0.4, -0.2) is 57.9 Å². The van der Waals surface area contributed by atoms with Gasteiger partial charge in [0.1, 0.15) is 0 Å². The lowest BCUT2D eigenvalue weighted by Gasteiger charge is -2.33. The molecule has 1 aliphatic heterocycles. The minimum atomic E-state index is -1.08. The minimum absolute atomic E-state index is 0.108. The van der Waals surface area contributed by atoms with E-state index in [0.717, 1.165) is 0 Å². The Bertz CT molecular complexity index is 349. The molecule has 0 radical (unpaired) electrons. The molecule has 6 heteroatoms. The topological polar surface area (TPSA) is 87.1 Å².